The van der Waals surface area contributed by atoms with E-state index < -0.39 is 0 Å². The fraction of sp³-hybridized carbons (Fsp3) is 0.895. The zero-order valence-electron chi connectivity index (χ0n) is 17.0. The van der Waals surface area contributed by atoms with E-state index in [9.17, 15) is 4.79 Å². The molecule has 1 amide bonds. The molecule has 0 aliphatic carbocycles. The third kappa shape index (κ3) is 7.63. The number of likely N-dealkylation sites (tertiary alicyclic amines) is 1. The Balaban J connectivity index is 2.47. The number of hydrogen-bond acceptors (Lipinski definition) is 3. The van der Waals surface area contributed by atoms with E-state index in [0.29, 0.717) is 17.9 Å². The van der Waals surface area contributed by atoms with Gasteiger partial charge in [-0.2, -0.15) is 0 Å². The van der Waals surface area contributed by atoms with E-state index in [-0.39, 0.29) is 0 Å². The van der Waals surface area contributed by atoms with E-state index in [2.05, 4.69) is 50.4 Å². The Morgan fingerprint density at radius 1 is 1.24 bits per heavy atom. The molecule has 0 aromatic carbocycles. The highest BCUT2D eigenvalue weighted by Crippen LogP contribution is 2.17. The minimum absolute atomic E-state index is 0.305. The second kappa shape index (κ2) is 12.1. The first-order chi connectivity index (χ1) is 12.0. The molecule has 1 unspecified atom stereocenters. The van der Waals surface area contributed by atoms with Crippen molar-refractivity contribution in [2.45, 2.75) is 58.9 Å². The van der Waals surface area contributed by atoms with Gasteiger partial charge in [-0.1, -0.05) is 26.7 Å². The Morgan fingerprint density at radius 2 is 1.96 bits per heavy atom. The molecule has 0 bridgehead atoms. The summed E-state index contributed by atoms with van der Waals surface area (Å²) in [6, 6.07) is 0.465. The Hall–Kier alpha value is -1.30. The van der Waals surface area contributed by atoms with Crippen LogP contribution in [-0.2, 0) is 4.79 Å². The molecule has 146 valence electrons. The molecule has 6 heteroatoms. The lowest BCUT2D eigenvalue weighted by atomic mass is 9.93. The molecule has 0 radical (unpaired) electrons. The van der Waals surface area contributed by atoms with Crippen LogP contribution < -0.4 is 10.6 Å². The summed E-state index contributed by atoms with van der Waals surface area (Å²) in [5.74, 6) is 1.86. The predicted molar refractivity (Wildman–Crippen MR) is 106 cm³/mol. The molecule has 0 spiro atoms. The molecule has 1 aliphatic rings. The second-order valence-corrected chi connectivity index (χ2v) is 7.09. The summed E-state index contributed by atoms with van der Waals surface area (Å²) in [7, 11) is 4.29. The van der Waals surface area contributed by atoms with Gasteiger partial charge in [-0.3, -0.25) is 9.79 Å². The number of amides is 1. The highest BCUT2D eigenvalue weighted by atomic mass is 16.2. The van der Waals surface area contributed by atoms with E-state index in [4.69, 9.17) is 4.99 Å². The second-order valence-electron chi connectivity index (χ2n) is 7.09. The van der Waals surface area contributed by atoms with Crippen LogP contribution in [0.1, 0.15) is 52.9 Å². The number of guanidine groups is 1. The number of nitrogens with one attached hydrogen (secondary N) is 2. The van der Waals surface area contributed by atoms with Crippen LogP contribution in [0.4, 0.5) is 0 Å². The first kappa shape index (κ1) is 21.7. The van der Waals surface area contributed by atoms with Gasteiger partial charge in [-0.15, -0.1) is 0 Å². The zero-order chi connectivity index (χ0) is 18.7. The maximum Gasteiger partial charge on any atom is 0.222 e. The van der Waals surface area contributed by atoms with Crippen molar-refractivity contribution in [1.29, 1.82) is 0 Å². The molecule has 1 atom stereocenters. The smallest absolute Gasteiger partial charge is 0.222 e. The number of hydrogen-bond donors (Lipinski definition) is 2. The van der Waals surface area contributed by atoms with Crippen LogP contribution in [0, 0.1) is 5.92 Å². The molecular weight excluding hydrogens is 314 g/mol. The van der Waals surface area contributed by atoms with Crippen LogP contribution in [0.15, 0.2) is 4.99 Å². The Kier molecular flexibility index (Phi) is 10.5. The minimum Gasteiger partial charge on any atom is -0.357 e. The Labute approximate surface area is 154 Å². The van der Waals surface area contributed by atoms with Crippen molar-refractivity contribution in [3.63, 3.8) is 0 Å². The van der Waals surface area contributed by atoms with Crippen LogP contribution in [-0.4, -0.2) is 74.5 Å². The summed E-state index contributed by atoms with van der Waals surface area (Å²) in [5.41, 5.74) is 0. The van der Waals surface area contributed by atoms with E-state index in [1.165, 1.54) is 12.8 Å². The number of likely N-dealkylation sites (N-methyl/N-ethyl adjacent to an activating group) is 1. The van der Waals surface area contributed by atoms with Crippen LogP contribution >= 0.6 is 0 Å². The van der Waals surface area contributed by atoms with Crippen LogP contribution in [0.2, 0.25) is 0 Å². The quantitative estimate of drug-likeness (QED) is 0.338. The highest BCUT2D eigenvalue weighted by molar-refractivity contribution is 5.79. The largest absolute Gasteiger partial charge is 0.357 e. The SMILES string of the molecule is CCNC(=NCC(C(CC)CC)N(C)C)NCCCN1CCCC1=O. The highest BCUT2D eigenvalue weighted by Gasteiger charge is 2.21. The van der Waals surface area contributed by atoms with Gasteiger partial charge in [0.1, 0.15) is 0 Å². The molecule has 1 aliphatic heterocycles. The van der Waals surface area contributed by atoms with Crippen molar-refractivity contribution >= 4 is 11.9 Å². The molecule has 1 rings (SSSR count). The van der Waals surface area contributed by atoms with Gasteiger partial charge in [0, 0.05) is 38.6 Å². The van der Waals surface area contributed by atoms with Crippen molar-refractivity contribution in [3.8, 4) is 0 Å². The molecule has 1 saturated heterocycles. The summed E-state index contributed by atoms with van der Waals surface area (Å²) >= 11 is 0. The minimum atomic E-state index is 0.305. The van der Waals surface area contributed by atoms with E-state index >= 15 is 0 Å². The first-order valence-corrected chi connectivity index (χ1v) is 9.99. The zero-order valence-corrected chi connectivity index (χ0v) is 17.0. The van der Waals surface area contributed by atoms with Crippen molar-refractivity contribution in [3.05, 3.63) is 0 Å². The third-order valence-electron chi connectivity index (χ3n) is 5.11. The fourth-order valence-corrected chi connectivity index (χ4v) is 3.51. The normalized spacial score (nSPS) is 16.8. The van der Waals surface area contributed by atoms with Gasteiger partial charge in [0.2, 0.25) is 5.91 Å². The summed E-state index contributed by atoms with van der Waals surface area (Å²) in [4.78, 5) is 20.7. The lowest BCUT2D eigenvalue weighted by molar-refractivity contribution is -0.127. The molecule has 6 nitrogen and oxygen atoms in total. The van der Waals surface area contributed by atoms with E-state index in [1.54, 1.807) is 0 Å². The summed E-state index contributed by atoms with van der Waals surface area (Å²) in [6.45, 7) is 10.9. The Morgan fingerprint density at radius 3 is 2.48 bits per heavy atom. The molecule has 1 heterocycles. The number of carbonyl (C=O) groups is 1. The van der Waals surface area contributed by atoms with Gasteiger partial charge in [-0.25, -0.2) is 0 Å². The number of carbonyl (C=O) groups excluding carboxylic acids is 1. The number of aliphatic imine (C=N–C) groups is 1. The van der Waals surface area contributed by atoms with Gasteiger partial charge in [-0.05, 0) is 39.8 Å². The number of rotatable bonds is 11. The lowest BCUT2D eigenvalue weighted by Gasteiger charge is -2.30. The van der Waals surface area contributed by atoms with Gasteiger partial charge >= 0.3 is 0 Å². The maximum atomic E-state index is 11.6. The fourth-order valence-electron chi connectivity index (χ4n) is 3.51. The average molecular weight is 354 g/mol. The first-order valence-electron chi connectivity index (χ1n) is 9.99. The summed E-state index contributed by atoms with van der Waals surface area (Å²) < 4.78 is 0. The average Bonchev–Trinajstić information content (AvgIpc) is 2.99. The van der Waals surface area contributed by atoms with Crippen LogP contribution in [0.3, 0.4) is 0 Å². The van der Waals surface area contributed by atoms with E-state index in [0.717, 1.165) is 57.9 Å². The standard InChI is InChI=1S/C19H39N5O/c1-6-16(7-2)17(23(4)5)15-22-19(20-8-3)21-12-10-14-24-13-9-11-18(24)25/h16-17H,6-15H2,1-5H3,(H2,20,21,22). The van der Waals surface area contributed by atoms with Gasteiger partial charge in [0.15, 0.2) is 5.96 Å². The van der Waals surface area contributed by atoms with Crippen molar-refractivity contribution in [2.75, 3.05) is 46.8 Å². The van der Waals surface area contributed by atoms with E-state index in [1.807, 2.05) is 4.90 Å². The van der Waals surface area contributed by atoms with Crippen LogP contribution in [0.25, 0.3) is 0 Å². The molecular formula is C19H39N5O. The lowest BCUT2D eigenvalue weighted by Crippen LogP contribution is -2.42. The van der Waals surface area contributed by atoms with Gasteiger partial charge in [0.25, 0.3) is 0 Å². The third-order valence-corrected chi connectivity index (χ3v) is 5.11. The topological polar surface area (TPSA) is 60.0 Å². The predicted octanol–water partition coefficient (Wildman–Crippen LogP) is 1.92. The van der Waals surface area contributed by atoms with Crippen molar-refractivity contribution in [2.24, 2.45) is 10.9 Å². The molecule has 2 N–H and O–H groups in total. The Bertz CT molecular complexity index is 407. The van der Waals surface area contributed by atoms with Gasteiger partial charge < -0.3 is 20.4 Å². The molecule has 25 heavy (non-hydrogen) atoms. The monoisotopic (exact) mass is 353 g/mol. The summed E-state index contributed by atoms with van der Waals surface area (Å²) in [6.07, 6.45) is 5.06. The van der Waals surface area contributed by atoms with Gasteiger partial charge in [0.05, 0.1) is 6.54 Å². The van der Waals surface area contributed by atoms with Crippen molar-refractivity contribution in [1.82, 2.24) is 20.4 Å². The van der Waals surface area contributed by atoms with Crippen LogP contribution in [0.5, 0.6) is 0 Å². The number of nitrogens with zero attached hydrogens (tertiary/aromatic N) is 3. The maximum absolute atomic E-state index is 11.6. The molecule has 0 aromatic rings. The molecule has 0 aromatic heterocycles. The summed E-state index contributed by atoms with van der Waals surface area (Å²) in [5, 5.41) is 6.74. The molecule has 1 fully saturated rings. The molecule has 0 saturated carbocycles. The van der Waals surface area contributed by atoms with Crippen molar-refractivity contribution < 1.29 is 4.79 Å².